The number of pyridine rings is 1. The first-order valence-corrected chi connectivity index (χ1v) is 6.88. The molecule has 5 nitrogen and oxygen atoms in total. The third-order valence-corrected chi connectivity index (χ3v) is 4.23. The highest BCUT2D eigenvalue weighted by molar-refractivity contribution is 8.01. The zero-order valence-corrected chi connectivity index (χ0v) is 11.1. The van der Waals surface area contributed by atoms with E-state index in [0.717, 1.165) is 27.2 Å². The van der Waals surface area contributed by atoms with Crippen molar-refractivity contribution in [2.24, 2.45) is 0 Å². The van der Waals surface area contributed by atoms with Crippen molar-refractivity contribution in [3.8, 4) is 0 Å². The minimum absolute atomic E-state index is 0.178. The van der Waals surface area contributed by atoms with Crippen molar-refractivity contribution in [2.45, 2.75) is 4.90 Å². The van der Waals surface area contributed by atoms with Crippen molar-refractivity contribution in [1.29, 1.82) is 0 Å². The number of aromatic nitrogens is 3. The molecule has 0 aliphatic carbocycles. The normalized spacial score (nSPS) is 13.7. The van der Waals surface area contributed by atoms with E-state index in [0.29, 0.717) is 0 Å². The molecule has 0 amide bonds. The van der Waals surface area contributed by atoms with Crippen molar-refractivity contribution < 1.29 is 0 Å². The Morgan fingerprint density at radius 1 is 1.10 bits per heavy atom. The van der Waals surface area contributed by atoms with Gasteiger partial charge in [0.25, 0.3) is 0 Å². The highest BCUT2D eigenvalue weighted by atomic mass is 32.2. The minimum atomic E-state index is -0.178. The molecule has 20 heavy (non-hydrogen) atoms. The van der Waals surface area contributed by atoms with Crippen molar-refractivity contribution in [1.82, 2.24) is 15.0 Å². The zero-order chi connectivity index (χ0) is 13.5. The first kappa shape index (κ1) is 11.4. The first-order valence-electron chi connectivity index (χ1n) is 6.11. The Kier molecular flexibility index (Phi) is 2.43. The predicted octanol–water partition coefficient (Wildman–Crippen LogP) is 2.75. The lowest BCUT2D eigenvalue weighted by Crippen LogP contribution is -2.08. The van der Waals surface area contributed by atoms with Gasteiger partial charge in [-0.2, -0.15) is 0 Å². The van der Waals surface area contributed by atoms with Gasteiger partial charge in [0.05, 0.1) is 16.7 Å². The van der Waals surface area contributed by atoms with E-state index >= 15 is 0 Å². The molecule has 0 fully saturated rings. The monoisotopic (exact) mass is 282 g/mol. The van der Waals surface area contributed by atoms with Gasteiger partial charge in [0.1, 0.15) is 0 Å². The van der Waals surface area contributed by atoms with Gasteiger partial charge in [-0.3, -0.25) is 9.29 Å². The van der Waals surface area contributed by atoms with E-state index in [4.69, 9.17) is 0 Å². The first-order chi connectivity index (χ1) is 9.79. The second kappa shape index (κ2) is 4.28. The summed E-state index contributed by atoms with van der Waals surface area (Å²) in [6, 6.07) is 7.89. The fourth-order valence-electron chi connectivity index (χ4n) is 2.20. The Balaban J connectivity index is 1.79. The molecule has 6 heteroatoms. The predicted molar refractivity (Wildman–Crippen MR) is 80.5 cm³/mol. The van der Waals surface area contributed by atoms with Gasteiger partial charge in [0.2, 0.25) is 0 Å². The summed E-state index contributed by atoms with van der Waals surface area (Å²) in [5, 5.41) is 0. The molecule has 2 aromatic heterocycles. The molecular weight excluding hydrogens is 272 g/mol. The van der Waals surface area contributed by atoms with E-state index in [9.17, 15) is 4.79 Å². The number of rotatable bonds is 1. The fourth-order valence-corrected chi connectivity index (χ4v) is 3.17. The molecule has 4 rings (SSSR count). The zero-order valence-electron chi connectivity index (χ0n) is 10.3. The Bertz CT molecular complexity index is 866. The van der Waals surface area contributed by atoms with Crippen LogP contribution in [0.3, 0.4) is 0 Å². The van der Waals surface area contributed by atoms with Gasteiger partial charge in [-0.1, -0.05) is 0 Å². The van der Waals surface area contributed by atoms with Crippen LogP contribution in [0.5, 0.6) is 0 Å². The smallest absolute Gasteiger partial charge is 0.306 e. The number of H-pyrrole nitrogens is 2. The third-order valence-electron chi connectivity index (χ3n) is 3.15. The second-order valence-corrected chi connectivity index (χ2v) is 5.47. The topological polar surface area (TPSA) is 64.8 Å². The molecule has 0 radical (unpaired) electrons. The molecule has 0 saturated carbocycles. The van der Waals surface area contributed by atoms with Crippen LogP contribution in [-0.2, 0) is 0 Å². The second-order valence-electron chi connectivity index (χ2n) is 4.45. The highest BCUT2D eigenvalue weighted by Crippen LogP contribution is 2.37. The summed E-state index contributed by atoms with van der Waals surface area (Å²) in [7, 11) is 0. The van der Waals surface area contributed by atoms with Gasteiger partial charge >= 0.3 is 5.69 Å². The number of nitrogens with one attached hydrogen (secondary N) is 2. The van der Waals surface area contributed by atoms with E-state index in [1.807, 2.05) is 36.5 Å². The van der Waals surface area contributed by atoms with Crippen LogP contribution in [0.1, 0.15) is 5.56 Å². The van der Waals surface area contributed by atoms with Crippen LogP contribution >= 0.6 is 11.9 Å². The number of hydrogen-bond acceptors (Lipinski definition) is 4. The molecule has 98 valence electrons. The van der Waals surface area contributed by atoms with E-state index in [2.05, 4.69) is 19.3 Å². The molecule has 3 aromatic rings. The van der Waals surface area contributed by atoms with E-state index in [1.54, 1.807) is 24.3 Å². The SMILES string of the molecule is O=c1[nH]c2cc3c(cc2[nH]1)SN(c1ccncc1)C=C3. The molecule has 0 saturated heterocycles. The number of imidazole rings is 1. The van der Waals surface area contributed by atoms with Gasteiger partial charge in [0.15, 0.2) is 0 Å². The van der Waals surface area contributed by atoms with Crippen LogP contribution < -0.4 is 9.99 Å². The summed E-state index contributed by atoms with van der Waals surface area (Å²) in [6.07, 6.45) is 7.59. The lowest BCUT2D eigenvalue weighted by Gasteiger charge is -2.23. The maximum absolute atomic E-state index is 11.3. The lowest BCUT2D eigenvalue weighted by molar-refractivity contribution is 1.21. The summed E-state index contributed by atoms with van der Waals surface area (Å²) in [6.45, 7) is 0. The molecule has 0 unspecified atom stereocenters. The molecular formula is C14H10N4OS. The molecule has 1 aromatic carbocycles. The van der Waals surface area contributed by atoms with Crippen LogP contribution in [0.15, 0.2) is 52.5 Å². The average Bonchev–Trinajstić information content (AvgIpc) is 2.84. The lowest BCUT2D eigenvalue weighted by atomic mass is 10.2. The molecule has 0 spiro atoms. The molecule has 0 bridgehead atoms. The number of aromatic amines is 2. The third kappa shape index (κ3) is 1.81. The quantitative estimate of drug-likeness (QED) is 0.674. The number of benzene rings is 1. The summed E-state index contributed by atoms with van der Waals surface area (Å²) in [5.41, 5.74) is 3.64. The van der Waals surface area contributed by atoms with Gasteiger partial charge < -0.3 is 9.97 Å². The van der Waals surface area contributed by atoms with Crippen molar-refractivity contribution >= 4 is 34.7 Å². The minimum Gasteiger partial charge on any atom is -0.306 e. The molecule has 1 aliphatic heterocycles. The Labute approximate surface area is 118 Å². The van der Waals surface area contributed by atoms with Crippen LogP contribution in [0.25, 0.3) is 17.1 Å². The van der Waals surface area contributed by atoms with Gasteiger partial charge in [0, 0.05) is 23.5 Å². The summed E-state index contributed by atoms with van der Waals surface area (Å²) < 4.78 is 2.07. The molecule has 1 aliphatic rings. The van der Waals surface area contributed by atoms with Crippen LogP contribution in [0.4, 0.5) is 5.69 Å². The molecule has 2 N–H and O–H groups in total. The summed E-state index contributed by atoms with van der Waals surface area (Å²) in [4.78, 5) is 22.0. The van der Waals surface area contributed by atoms with Crippen molar-refractivity contribution in [3.63, 3.8) is 0 Å². The standard InChI is InChI=1S/C14H10N4OS/c19-14-16-11-7-9-3-6-18(10-1-4-15-5-2-10)20-13(9)8-12(11)17-14/h1-8H,(H2,16,17,19). The van der Waals surface area contributed by atoms with Crippen LogP contribution in [0, 0.1) is 0 Å². The average molecular weight is 282 g/mol. The maximum Gasteiger partial charge on any atom is 0.323 e. The van der Waals surface area contributed by atoms with E-state index in [1.165, 1.54) is 0 Å². The number of anilines is 1. The van der Waals surface area contributed by atoms with E-state index < -0.39 is 0 Å². The van der Waals surface area contributed by atoms with Crippen molar-refractivity contribution in [2.75, 3.05) is 4.31 Å². The van der Waals surface area contributed by atoms with Crippen LogP contribution in [-0.4, -0.2) is 15.0 Å². The maximum atomic E-state index is 11.3. The summed E-state index contributed by atoms with van der Waals surface area (Å²) >= 11 is 1.62. The fraction of sp³-hybridized carbons (Fsp3) is 0. The Morgan fingerprint density at radius 3 is 2.65 bits per heavy atom. The number of fused-ring (bicyclic) bond motifs is 2. The molecule has 0 atom stereocenters. The van der Waals surface area contributed by atoms with Gasteiger partial charge in [-0.25, -0.2) is 4.79 Å². The number of nitrogens with zero attached hydrogens (tertiary/aromatic N) is 2. The Morgan fingerprint density at radius 2 is 1.85 bits per heavy atom. The molecule has 3 heterocycles. The van der Waals surface area contributed by atoms with Crippen LogP contribution in [0.2, 0.25) is 0 Å². The number of hydrogen-bond donors (Lipinski definition) is 2. The largest absolute Gasteiger partial charge is 0.323 e. The van der Waals surface area contributed by atoms with Gasteiger partial charge in [-0.15, -0.1) is 0 Å². The van der Waals surface area contributed by atoms with Gasteiger partial charge in [-0.05, 0) is 47.9 Å². The highest BCUT2D eigenvalue weighted by Gasteiger charge is 2.15. The van der Waals surface area contributed by atoms with Crippen molar-refractivity contribution in [3.05, 3.63) is 58.9 Å². The van der Waals surface area contributed by atoms with E-state index in [-0.39, 0.29) is 5.69 Å². The summed E-state index contributed by atoms with van der Waals surface area (Å²) in [5.74, 6) is 0. The Hall–Kier alpha value is -2.47.